The highest BCUT2D eigenvalue weighted by molar-refractivity contribution is 6.36. The first-order valence-electron chi connectivity index (χ1n) is 15.6. The number of piperazine rings is 1. The number of amides is 1. The number of fused-ring (bicyclic) bond motifs is 2. The molecule has 11 heteroatoms. The number of carbonyl (C=O) groups is 1. The van der Waals surface area contributed by atoms with Gasteiger partial charge in [-0.15, -0.1) is 0 Å². The van der Waals surface area contributed by atoms with E-state index in [4.69, 9.17) is 42.4 Å². The van der Waals surface area contributed by atoms with Crippen molar-refractivity contribution in [2.24, 2.45) is 0 Å². The molecule has 3 aliphatic heterocycles. The number of nitrogens with zero attached hydrogens (tertiary/aromatic N) is 6. The highest BCUT2D eigenvalue weighted by Gasteiger charge is 2.35. The summed E-state index contributed by atoms with van der Waals surface area (Å²) < 4.78 is 17.9. The van der Waals surface area contributed by atoms with Crippen molar-refractivity contribution in [3.05, 3.63) is 76.8 Å². The van der Waals surface area contributed by atoms with Gasteiger partial charge in [0.15, 0.2) is 0 Å². The highest BCUT2D eigenvalue weighted by atomic mass is 35.5. The van der Waals surface area contributed by atoms with Crippen LogP contribution in [0.25, 0.3) is 15.6 Å². The van der Waals surface area contributed by atoms with E-state index >= 15 is 0 Å². The molecule has 1 aromatic heterocycles. The lowest BCUT2D eigenvalue weighted by Crippen LogP contribution is -2.56. The summed E-state index contributed by atoms with van der Waals surface area (Å²) in [6.07, 6.45) is 3.72. The van der Waals surface area contributed by atoms with E-state index in [0.717, 1.165) is 77.6 Å². The fourth-order valence-electron chi connectivity index (χ4n) is 6.49. The molecule has 10 nitrogen and oxygen atoms in total. The van der Waals surface area contributed by atoms with Crippen molar-refractivity contribution in [2.45, 2.75) is 51.0 Å². The summed E-state index contributed by atoms with van der Waals surface area (Å²) in [6, 6.07) is 12.3. The summed E-state index contributed by atoms with van der Waals surface area (Å²) in [4.78, 5) is 32.4. The van der Waals surface area contributed by atoms with Gasteiger partial charge in [-0.1, -0.05) is 42.4 Å². The highest BCUT2D eigenvalue weighted by Crippen LogP contribution is 2.37. The minimum Gasteiger partial charge on any atom is -0.458 e. The Morgan fingerprint density at radius 1 is 1.18 bits per heavy atom. The Balaban J connectivity index is 1.30. The minimum atomic E-state index is -0.263. The molecule has 3 aromatic rings. The van der Waals surface area contributed by atoms with E-state index in [-0.39, 0.29) is 30.7 Å². The van der Waals surface area contributed by atoms with E-state index in [0.29, 0.717) is 38.8 Å². The van der Waals surface area contributed by atoms with Crippen LogP contribution >= 0.6 is 11.6 Å². The van der Waals surface area contributed by atoms with Gasteiger partial charge < -0.3 is 33.8 Å². The summed E-state index contributed by atoms with van der Waals surface area (Å²) in [5.74, 6) is 0.656. The molecule has 0 spiro atoms. The molecule has 0 aliphatic carbocycles. The summed E-state index contributed by atoms with van der Waals surface area (Å²) in [6.45, 7) is 18.1. The Labute approximate surface area is 269 Å². The van der Waals surface area contributed by atoms with Gasteiger partial charge in [0.05, 0.1) is 30.0 Å². The summed E-state index contributed by atoms with van der Waals surface area (Å²) >= 11 is 6.71. The second-order valence-corrected chi connectivity index (χ2v) is 12.2. The third kappa shape index (κ3) is 6.86. The largest absolute Gasteiger partial charge is 0.458 e. The van der Waals surface area contributed by atoms with Crippen LogP contribution in [-0.2, 0) is 27.2 Å². The van der Waals surface area contributed by atoms with Crippen LogP contribution in [0.5, 0.6) is 6.01 Å². The topological polar surface area (TPSA) is 84.6 Å². The van der Waals surface area contributed by atoms with Crippen molar-refractivity contribution < 1.29 is 19.0 Å². The molecule has 236 valence electrons. The number of benzene rings is 2. The number of aromatic nitrogens is 2. The molecule has 2 atom stereocenters. The van der Waals surface area contributed by atoms with Gasteiger partial charge in [-0.25, -0.2) is 6.57 Å². The normalized spacial score (nSPS) is 19.6. The van der Waals surface area contributed by atoms with Gasteiger partial charge in [-0.3, -0.25) is 4.79 Å². The summed E-state index contributed by atoms with van der Waals surface area (Å²) in [7, 11) is 0. The van der Waals surface area contributed by atoms with E-state index in [1.54, 1.807) is 4.90 Å². The molecular formula is C34H39ClN6O4. The van der Waals surface area contributed by atoms with E-state index in [9.17, 15) is 4.79 Å². The van der Waals surface area contributed by atoms with Gasteiger partial charge in [-0.05, 0) is 49.8 Å². The molecule has 0 unspecified atom stereocenters. The molecule has 45 heavy (non-hydrogen) atoms. The number of rotatable bonds is 9. The molecule has 0 saturated carbocycles. The number of hydrogen-bond acceptors (Lipinski definition) is 8. The third-order valence-corrected chi connectivity index (χ3v) is 9.09. The average Bonchev–Trinajstić information content (AvgIpc) is 3.07. The Morgan fingerprint density at radius 3 is 2.76 bits per heavy atom. The Kier molecular flexibility index (Phi) is 9.69. The molecule has 6 rings (SSSR count). The summed E-state index contributed by atoms with van der Waals surface area (Å²) in [5.41, 5.74) is 3.04. The quantitative estimate of drug-likeness (QED) is 0.243. The Bertz CT molecular complexity index is 1580. The van der Waals surface area contributed by atoms with Gasteiger partial charge in [0, 0.05) is 56.0 Å². The molecule has 1 amide bonds. The molecular weight excluding hydrogens is 592 g/mol. The number of carbonyl (C=O) groups excluding carboxylic acids is 1. The molecule has 0 bridgehead atoms. The molecule has 2 saturated heterocycles. The third-order valence-electron chi connectivity index (χ3n) is 8.78. The maximum Gasteiger partial charge on any atom is 0.319 e. The Morgan fingerprint density at radius 2 is 1.98 bits per heavy atom. The van der Waals surface area contributed by atoms with E-state index in [2.05, 4.69) is 45.5 Å². The van der Waals surface area contributed by atoms with Crippen LogP contribution in [0.2, 0.25) is 5.02 Å². The van der Waals surface area contributed by atoms with Gasteiger partial charge in [-0.2, -0.15) is 9.97 Å². The number of hydrogen-bond donors (Lipinski definition) is 0. The molecule has 0 radical (unpaired) electrons. The van der Waals surface area contributed by atoms with Gasteiger partial charge in [0.25, 0.3) is 0 Å². The number of halogens is 1. The van der Waals surface area contributed by atoms with E-state index < -0.39 is 0 Å². The van der Waals surface area contributed by atoms with Crippen molar-refractivity contribution in [3.8, 4) is 6.01 Å². The zero-order chi connectivity index (χ0) is 31.3. The number of ether oxygens (including phenoxy) is 3. The zero-order valence-corrected chi connectivity index (χ0v) is 26.4. The standard InChI is InChI=1S/C34H39ClN6O4/c1-4-31(42)41-16-15-40(20-25(41)19-36-3)33-27-11-14-39(30-10-6-8-24-7-5-9-28(35)32(24)30)21-29(27)37-34(38-33)45-23(2)22-44-26-12-17-43-18-13-26/h4-10,23,25-26H,1,11-22H2,2H3/t23-,25-/m0/s1. The number of anilines is 2. The van der Waals surface area contributed by atoms with Gasteiger partial charge >= 0.3 is 6.01 Å². The SMILES string of the molecule is [C-]#[N+]C[C@H]1CN(c2nc(O[C@@H](C)COC3CCOCC3)nc3c2CCN(c2cccc4cccc(Cl)c24)C3)CCN1C(=O)C=C. The van der Waals surface area contributed by atoms with Crippen LogP contribution in [-0.4, -0.2) is 91.6 Å². The monoisotopic (exact) mass is 630 g/mol. The first-order chi connectivity index (χ1) is 21.9. The van der Waals surface area contributed by atoms with Crippen LogP contribution in [0.4, 0.5) is 11.5 Å². The van der Waals surface area contributed by atoms with Crippen LogP contribution in [0.15, 0.2) is 49.1 Å². The molecule has 4 heterocycles. The fraction of sp³-hybridized carbons (Fsp3) is 0.471. The molecule has 0 N–H and O–H groups in total. The lowest BCUT2D eigenvalue weighted by Gasteiger charge is -2.41. The Hall–Kier alpha value is -3.91. The predicted octanol–water partition coefficient (Wildman–Crippen LogP) is 4.93. The van der Waals surface area contributed by atoms with Crippen molar-refractivity contribution in [3.63, 3.8) is 0 Å². The smallest absolute Gasteiger partial charge is 0.319 e. The summed E-state index contributed by atoms with van der Waals surface area (Å²) in [5, 5.41) is 2.84. The van der Waals surface area contributed by atoms with Crippen molar-refractivity contribution in [1.82, 2.24) is 14.9 Å². The first kappa shape index (κ1) is 31.1. The van der Waals surface area contributed by atoms with Crippen molar-refractivity contribution in [2.75, 3.05) is 62.3 Å². The second kappa shape index (κ2) is 14.0. The van der Waals surface area contributed by atoms with E-state index in [1.165, 1.54) is 6.08 Å². The van der Waals surface area contributed by atoms with Crippen LogP contribution < -0.4 is 14.5 Å². The maximum atomic E-state index is 12.6. The van der Waals surface area contributed by atoms with Gasteiger partial charge in [0.2, 0.25) is 12.5 Å². The van der Waals surface area contributed by atoms with Crippen LogP contribution in [0.3, 0.4) is 0 Å². The fourth-order valence-corrected chi connectivity index (χ4v) is 6.77. The minimum absolute atomic E-state index is 0.153. The lowest BCUT2D eigenvalue weighted by atomic mass is 10.0. The lowest BCUT2D eigenvalue weighted by molar-refractivity contribution is -0.128. The molecule has 2 aromatic carbocycles. The second-order valence-electron chi connectivity index (χ2n) is 11.8. The molecule has 2 fully saturated rings. The van der Waals surface area contributed by atoms with Crippen molar-refractivity contribution >= 4 is 39.8 Å². The zero-order valence-electron chi connectivity index (χ0n) is 25.7. The maximum absolute atomic E-state index is 12.6. The predicted molar refractivity (Wildman–Crippen MR) is 175 cm³/mol. The van der Waals surface area contributed by atoms with E-state index in [1.807, 2.05) is 19.1 Å². The molecule has 3 aliphatic rings. The van der Waals surface area contributed by atoms with Crippen LogP contribution in [0.1, 0.15) is 31.0 Å². The van der Waals surface area contributed by atoms with Crippen LogP contribution in [0, 0.1) is 6.57 Å². The van der Waals surface area contributed by atoms with Crippen molar-refractivity contribution in [1.29, 1.82) is 0 Å². The van der Waals surface area contributed by atoms with Gasteiger partial charge in [0.1, 0.15) is 18.0 Å². The first-order valence-corrected chi connectivity index (χ1v) is 16.0. The average molecular weight is 631 g/mol.